The zero-order valence-electron chi connectivity index (χ0n) is 48.9. The predicted octanol–water partition coefficient (Wildman–Crippen LogP) is 22.0. The maximum absolute atomic E-state index is 11.0. The Kier molecular flexibility index (Phi) is 17.1. The van der Waals surface area contributed by atoms with Crippen molar-refractivity contribution in [3.63, 3.8) is 0 Å². The molecular formula is C75H90O3. The van der Waals surface area contributed by atoms with Crippen molar-refractivity contribution < 1.29 is 15.3 Å². The van der Waals surface area contributed by atoms with E-state index in [-0.39, 0.29) is 17.8 Å². The van der Waals surface area contributed by atoms with Crippen LogP contribution < -0.4 is 0 Å². The molecule has 3 heteroatoms. The summed E-state index contributed by atoms with van der Waals surface area (Å²) < 4.78 is 0. The van der Waals surface area contributed by atoms with Crippen LogP contribution in [0.4, 0.5) is 0 Å². The largest absolute Gasteiger partial charge is 0.508 e. The first-order chi connectivity index (χ1) is 37.8. The molecule has 0 atom stereocenters. The normalized spacial score (nSPS) is 16.0. The third-order valence-electron chi connectivity index (χ3n) is 18.7. The van der Waals surface area contributed by atoms with Gasteiger partial charge in [-0.25, -0.2) is 0 Å². The van der Waals surface area contributed by atoms with Crippen molar-refractivity contribution in [3.05, 3.63) is 159 Å². The molecule has 408 valence electrons. The van der Waals surface area contributed by atoms with Crippen LogP contribution in [0.25, 0.3) is 66.8 Å². The zero-order valence-corrected chi connectivity index (χ0v) is 48.9. The molecule has 10 rings (SSSR count). The molecule has 3 aliphatic rings. The first-order valence-electron chi connectivity index (χ1n) is 30.9. The molecular weight excluding hydrogens is 949 g/mol. The fourth-order valence-corrected chi connectivity index (χ4v) is 14.9. The standard InChI is InChI=1S/C75H90O3/c1-10-49-40-61(52-22-16-13-17-23-52)70(55-28-34-58(76)35-29-55)64(43-49)73-67(46(4)5)74(65-44-50(11-2)41-62(53-24-18-14-19-25-53)71(65)56-30-36-59(77)37-31-56)69(48(8)9)75(68(73)47(6)7)66-45-51(12-3)42-63(54-26-20-15-21-27-54)72(66)57-32-38-60(78)39-33-57/h28-48,52-54,76-78H,10-27H2,1-9H3. The summed E-state index contributed by atoms with van der Waals surface area (Å²) in [7, 11) is 0. The second-order valence-electron chi connectivity index (χ2n) is 24.9. The Hall–Kier alpha value is -6.06. The number of phenols is 3. The molecule has 0 radical (unpaired) electrons. The summed E-state index contributed by atoms with van der Waals surface area (Å²) >= 11 is 0. The van der Waals surface area contributed by atoms with Crippen LogP contribution in [-0.2, 0) is 19.3 Å². The maximum Gasteiger partial charge on any atom is 0.115 e. The molecule has 3 saturated carbocycles. The molecule has 3 N–H and O–H groups in total. The van der Waals surface area contributed by atoms with Crippen molar-refractivity contribution in [2.75, 3.05) is 0 Å². The summed E-state index contributed by atoms with van der Waals surface area (Å²) in [6.07, 6.45) is 21.2. The van der Waals surface area contributed by atoms with Crippen LogP contribution in [0.1, 0.15) is 244 Å². The van der Waals surface area contributed by atoms with Gasteiger partial charge in [-0.1, -0.05) is 193 Å². The molecule has 7 aromatic rings. The van der Waals surface area contributed by atoms with E-state index in [0.717, 1.165) is 19.3 Å². The topological polar surface area (TPSA) is 60.7 Å². The van der Waals surface area contributed by atoms with Crippen LogP contribution in [0.2, 0.25) is 0 Å². The quantitative estimate of drug-likeness (QED) is 0.0959. The molecule has 3 nitrogen and oxygen atoms in total. The highest BCUT2D eigenvalue weighted by molar-refractivity contribution is 6.03. The van der Waals surface area contributed by atoms with Crippen LogP contribution in [-0.4, -0.2) is 15.3 Å². The Labute approximate surface area is 469 Å². The lowest BCUT2D eigenvalue weighted by molar-refractivity contribution is 0.444. The Morgan fingerprint density at radius 3 is 0.756 bits per heavy atom. The smallest absolute Gasteiger partial charge is 0.115 e. The van der Waals surface area contributed by atoms with Gasteiger partial charge in [0, 0.05) is 0 Å². The summed E-state index contributed by atoms with van der Waals surface area (Å²) in [4.78, 5) is 0. The molecule has 0 heterocycles. The van der Waals surface area contributed by atoms with E-state index in [0.29, 0.717) is 35.0 Å². The molecule has 0 spiro atoms. The highest BCUT2D eigenvalue weighted by Gasteiger charge is 2.37. The molecule has 7 aromatic carbocycles. The van der Waals surface area contributed by atoms with Gasteiger partial charge in [-0.15, -0.1) is 0 Å². The molecule has 0 bridgehead atoms. The summed E-state index contributed by atoms with van der Waals surface area (Å²) in [6.45, 7) is 21.8. The minimum atomic E-state index is 0.127. The van der Waals surface area contributed by atoms with Crippen LogP contribution >= 0.6 is 0 Å². The number of aromatic hydroxyl groups is 3. The number of benzene rings is 7. The number of aryl methyl sites for hydroxylation is 3. The van der Waals surface area contributed by atoms with Gasteiger partial charge in [-0.2, -0.15) is 0 Å². The van der Waals surface area contributed by atoms with Gasteiger partial charge < -0.3 is 15.3 Å². The number of hydrogen-bond acceptors (Lipinski definition) is 3. The highest BCUT2D eigenvalue weighted by atomic mass is 16.3. The highest BCUT2D eigenvalue weighted by Crippen LogP contribution is 2.59. The van der Waals surface area contributed by atoms with Gasteiger partial charge in [0.25, 0.3) is 0 Å². The molecule has 3 aliphatic carbocycles. The summed E-state index contributed by atoms with van der Waals surface area (Å²) in [5.41, 5.74) is 28.3. The Morgan fingerprint density at radius 2 is 0.551 bits per heavy atom. The molecule has 78 heavy (non-hydrogen) atoms. The van der Waals surface area contributed by atoms with Gasteiger partial charge in [0.05, 0.1) is 0 Å². The van der Waals surface area contributed by atoms with Crippen molar-refractivity contribution in [1.82, 2.24) is 0 Å². The fraction of sp³-hybridized carbons (Fsp3) is 0.440. The Morgan fingerprint density at radius 1 is 0.321 bits per heavy atom. The lowest BCUT2D eigenvalue weighted by Gasteiger charge is -2.36. The fourth-order valence-electron chi connectivity index (χ4n) is 14.9. The first-order valence-corrected chi connectivity index (χ1v) is 30.9. The third-order valence-corrected chi connectivity index (χ3v) is 18.7. The molecule has 0 saturated heterocycles. The summed E-state index contributed by atoms with van der Waals surface area (Å²) in [5.74, 6) is 2.57. The number of phenolic OH excluding ortho intramolecular Hbond substituents is 3. The van der Waals surface area contributed by atoms with E-state index in [2.05, 4.69) is 135 Å². The van der Waals surface area contributed by atoms with E-state index in [4.69, 9.17) is 0 Å². The third kappa shape index (κ3) is 11.0. The van der Waals surface area contributed by atoms with Crippen molar-refractivity contribution in [2.24, 2.45) is 0 Å². The maximum atomic E-state index is 11.0. The molecule has 0 aliphatic heterocycles. The zero-order chi connectivity index (χ0) is 54.8. The van der Waals surface area contributed by atoms with Crippen LogP contribution in [0.5, 0.6) is 17.2 Å². The van der Waals surface area contributed by atoms with Gasteiger partial charge >= 0.3 is 0 Å². The Bertz CT molecular complexity index is 2840. The van der Waals surface area contributed by atoms with E-state index >= 15 is 0 Å². The van der Waals surface area contributed by atoms with Crippen LogP contribution in [0, 0.1) is 0 Å². The summed E-state index contributed by atoms with van der Waals surface area (Å²) in [6, 6.07) is 40.1. The van der Waals surface area contributed by atoms with Gasteiger partial charge in [0.2, 0.25) is 0 Å². The van der Waals surface area contributed by atoms with E-state index in [1.807, 2.05) is 36.4 Å². The minimum Gasteiger partial charge on any atom is -0.508 e. The Balaban J connectivity index is 1.51. The molecule has 3 fully saturated rings. The van der Waals surface area contributed by atoms with Gasteiger partial charge in [0.15, 0.2) is 0 Å². The first kappa shape index (κ1) is 55.3. The molecule has 0 amide bonds. The van der Waals surface area contributed by atoms with E-state index < -0.39 is 0 Å². The average Bonchev–Trinajstić information content (AvgIpc) is 3.63. The van der Waals surface area contributed by atoms with Crippen molar-refractivity contribution in [3.8, 4) is 84.0 Å². The van der Waals surface area contributed by atoms with Gasteiger partial charge in [0.1, 0.15) is 17.2 Å². The van der Waals surface area contributed by atoms with Crippen molar-refractivity contribution in [1.29, 1.82) is 0 Å². The van der Waals surface area contributed by atoms with Crippen molar-refractivity contribution >= 4 is 0 Å². The van der Waals surface area contributed by atoms with E-state index in [1.54, 1.807) is 0 Å². The van der Waals surface area contributed by atoms with E-state index in [1.165, 1.54) is 213 Å². The van der Waals surface area contributed by atoms with Gasteiger partial charge in [-0.3, -0.25) is 0 Å². The van der Waals surface area contributed by atoms with Crippen molar-refractivity contribution in [2.45, 2.75) is 213 Å². The van der Waals surface area contributed by atoms with Gasteiger partial charge in [-0.05, 0) is 247 Å². The lowest BCUT2D eigenvalue weighted by Crippen LogP contribution is -2.15. The second-order valence-corrected chi connectivity index (χ2v) is 24.9. The summed E-state index contributed by atoms with van der Waals surface area (Å²) in [5, 5.41) is 33.0. The SMILES string of the molecule is CCc1cc(-c2c(C(C)C)c(-c3cc(CC)cc(C4CCCCC4)c3-c3ccc(O)cc3)c(C(C)C)c(-c3cc(CC)cc(C4CCCCC4)c3-c3ccc(O)cc3)c2C(C)C)c(-c2ccc(O)cc2)c(C2CCCCC2)c1. The average molecular weight is 1040 g/mol. The minimum absolute atomic E-state index is 0.127. The van der Waals surface area contributed by atoms with E-state index in [9.17, 15) is 15.3 Å². The molecule has 0 unspecified atom stereocenters. The molecule has 0 aromatic heterocycles. The monoisotopic (exact) mass is 1040 g/mol. The number of rotatable bonds is 15. The lowest BCUT2D eigenvalue weighted by atomic mass is 9.67. The van der Waals surface area contributed by atoms with Crippen LogP contribution in [0.15, 0.2) is 109 Å². The second kappa shape index (κ2) is 24.1. The predicted molar refractivity (Wildman–Crippen MR) is 332 cm³/mol. The number of hydrogen-bond donors (Lipinski definition) is 3. The van der Waals surface area contributed by atoms with Crippen LogP contribution in [0.3, 0.4) is 0 Å².